The first-order chi connectivity index (χ1) is 9.65. The third kappa shape index (κ3) is 3.19. The van der Waals surface area contributed by atoms with Crippen molar-refractivity contribution in [1.29, 1.82) is 0 Å². The van der Waals surface area contributed by atoms with Gasteiger partial charge in [-0.2, -0.15) is 0 Å². The molecule has 1 aliphatic carbocycles. The van der Waals surface area contributed by atoms with Crippen LogP contribution in [0.4, 0.5) is 5.82 Å². The van der Waals surface area contributed by atoms with Gasteiger partial charge in [-0.1, -0.05) is 18.0 Å². The fraction of sp³-hybridized carbons (Fsp3) is 0.571. The minimum Gasteiger partial charge on any atom is -0.409 e. The number of aromatic nitrogens is 1. The summed E-state index contributed by atoms with van der Waals surface area (Å²) in [5.74, 6) is 0.861. The minimum absolute atomic E-state index is 0.0760. The number of oxime groups is 1. The highest BCUT2D eigenvalue weighted by Crippen LogP contribution is 2.27. The van der Waals surface area contributed by atoms with Crippen LogP contribution in [0.15, 0.2) is 17.3 Å². The monoisotopic (exact) mass is 278 g/mol. The first-order valence-corrected chi connectivity index (χ1v) is 6.99. The molecule has 0 aliphatic heterocycles. The summed E-state index contributed by atoms with van der Waals surface area (Å²) >= 11 is 0. The van der Waals surface area contributed by atoms with Crippen LogP contribution in [-0.2, 0) is 0 Å². The molecule has 110 valence electrons. The van der Waals surface area contributed by atoms with Crippen molar-refractivity contribution in [3.8, 4) is 0 Å². The summed E-state index contributed by atoms with van der Waals surface area (Å²) in [5, 5.41) is 21.1. The Bertz CT molecular complexity index is 484. The summed E-state index contributed by atoms with van der Waals surface area (Å²) in [6, 6.07) is 4.01. The van der Waals surface area contributed by atoms with Gasteiger partial charge in [-0.05, 0) is 31.9 Å². The normalized spacial score (nSPS) is 16.6. The highest BCUT2D eigenvalue weighted by molar-refractivity contribution is 5.97. The fourth-order valence-corrected chi connectivity index (χ4v) is 2.81. The molecule has 1 heterocycles. The number of aliphatic hydroxyl groups excluding tert-OH is 1. The number of hydrogen-bond acceptors (Lipinski definition) is 5. The van der Waals surface area contributed by atoms with Gasteiger partial charge in [0.15, 0.2) is 5.84 Å². The second-order valence-electron chi connectivity index (χ2n) is 5.20. The van der Waals surface area contributed by atoms with Gasteiger partial charge in [0.2, 0.25) is 0 Å². The molecule has 1 aromatic rings. The summed E-state index contributed by atoms with van der Waals surface area (Å²) in [7, 11) is 0. The SMILES string of the molecule is Cc1cc(/C(N)=N/O)cc(N(CCO)C2CCCC2)n1. The number of rotatable bonds is 5. The second-order valence-corrected chi connectivity index (χ2v) is 5.20. The van der Waals surface area contributed by atoms with Crippen LogP contribution in [0.1, 0.15) is 36.9 Å². The van der Waals surface area contributed by atoms with Gasteiger partial charge in [-0.15, -0.1) is 0 Å². The smallest absolute Gasteiger partial charge is 0.170 e. The maximum Gasteiger partial charge on any atom is 0.170 e. The Hall–Kier alpha value is -1.82. The molecule has 2 rings (SSSR count). The Morgan fingerprint density at radius 3 is 2.75 bits per heavy atom. The van der Waals surface area contributed by atoms with Crippen molar-refractivity contribution in [2.75, 3.05) is 18.1 Å². The number of amidine groups is 1. The number of nitrogens with zero attached hydrogens (tertiary/aromatic N) is 3. The summed E-state index contributed by atoms with van der Waals surface area (Å²) < 4.78 is 0. The van der Waals surface area contributed by atoms with E-state index in [0.717, 1.165) is 24.4 Å². The van der Waals surface area contributed by atoms with E-state index in [9.17, 15) is 5.11 Å². The molecule has 1 saturated carbocycles. The molecule has 20 heavy (non-hydrogen) atoms. The predicted octanol–water partition coefficient (Wildman–Crippen LogP) is 1.23. The van der Waals surface area contributed by atoms with Gasteiger partial charge in [-0.25, -0.2) is 4.98 Å². The van der Waals surface area contributed by atoms with Crippen LogP contribution in [0, 0.1) is 6.92 Å². The van der Waals surface area contributed by atoms with Crippen molar-refractivity contribution >= 4 is 11.7 Å². The Morgan fingerprint density at radius 1 is 1.45 bits per heavy atom. The van der Waals surface area contributed by atoms with Gasteiger partial charge in [0.25, 0.3) is 0 Å². The van der Waals surface area contributed by atoms with E-state index in [2.05, 4.69) is 15.0 Å². The van der Waals surface area contributed by atoms with Crippen LogP contribution in [0.2, 0.25) is 0 Å². The predicted molar refractivity (Wildman–Crippen MR) is 78.2 cm³/mol. The van der Waals surface area contributed by atoms with Crippen LogP contribution in [0.3, 0.4) is 0 Å². The number of pyridine rings is 1. The Labute approximate surface area is 118 Å². The highest BCUT2D eigenvalue weighted by Gasteiger charge is 2.24. The van der Waals surface area contributed by atoms with Gasteiger partial charge in [-0.3, -0.25) is 0 Å². The maximum absolute atomic E-state index is 9.29. The van der Waals surface area contributed by atoms with Crippen molar-refractivity contribution in [3.63, 3.8) is 0 Å². The van der Waals surface area contributed by atoms with Gasteiger partial charge >= 0.3 is 0 Å². The lowest BCUT2D eigenvalue weighted by Gasteiger charge is -2.30. The van der Waals surface area contributed by atoms with E-state index in [-0.39, 0.29) is 12.4 Å². The molecule has 0 unspecified atom stereocenters. The molecule has 0 spiro atoms. The summed E-state index contributed by atoms with van der Waals surface area (Å²) in [4.78, 5) is 6.67. The molecule has 1 aromatic heterocycles. The van der Waals surface area contributed by atoms with Gasteiger partial charge in [0.1, 0.15) is 5.82 Å². The summed E-state index contributed by atoms with van der Waals surface area (Å²) in [6.45, 7) is 2.52. The summed E-state index contributed by atoms with van der Waals surface area (Å²) in [6.07, 6.45) is 4.67. The van der Waals surface area contributed by atoms with Crippen LogP contribution in [0.5, 0.6) is 0 Å². The summed E-state index contributed by atoms with van der Waals surface area (Å²) in [5.41, 5.74) is 7.12. The number of aryl methyl sites for hydroxylation is 1. The first-order valence-electron chi connectivity index (χ1n) is 6.99. The first kappa shape index (κ1) is 14.6. The van der Waals surface area contributed by atoms with Gasteiger partial charge in [0, 0.05) is 23.8 Å². The number of anilines is 1. The van der Waals surface area contributed by atoms with E-state index in [0.29, 0.717) is 18.2 Å². The maximum atomic E-state index is 9.29. The molecule has 0 saturated heterocycles. The largest absolute Gasteiger partial charge is 0.409 e. The van der Waals surface area contributed by atoms with Crippen molar-refractivity contribution in [1.82, 2.24) is 4.98 Å². The van der Waals surface area contributed by atoms with E-state index in [1.807, 2.05) is 13.0 Å². The quantitative estimate of drug-likeness (QED) is 0.326. The molecule has 0 atom stereocenters. The number of aliphatic hydroxyl groups is 1. The molecule has 4 N–H and O–H groups in total. The zero-order valence-electron chi connectivity index (χ0n) is 11.8. The van der Waals surface area contributed by atoms with E-state index in [4.69, 9.17) is 10.9 Å². The second kappa shape index (κ2) is 6.56. The molecule has 6 nitrogen and oxygen atoms in total. The van der Waals surface area contributed by atoms with Gasteiger partial charge in [0.05, 0.1) is 6.61 Å². The van der Waals surface area contributed by atoms with Gasteiger partial charge < -0.3 is 20.9 Å². The molecule has 0 amide bonds. The van der Waals surface area contributed by atoms with E-state index < -0.39 is 0 Å². The zero-order valence-corrected chi connectivity index (χ0v) is 11.8. The lowest BCUT2D eigenvalue weighted by molar-refractivity contribution is 0.297. The number of hydrogen-bond donors (Lipinski definition) is 3. The van der Waals surface area contributed by atoms with Crippen LogP contribution in [-0.4, -0.2) is 40.3 Å². The van der Waals surface area contributed by atoms with E-state index in [1.165, 1.54) is 12.8 Å². The molecule has 6 heteroatoms. The molecule has 1 fully saturated rings. The average molecular weight is 278 g/mol. The fourth-order valence-electron chi connectivity index (χ4n) is 2.81. The average Bonchev–Trinajstić information content (AvgIpc) is 2.97. The third-order valence-corrected chi connectivity index (χ3v) is 3.74. The van der Waals surface area contributed by atoms with Crippen molar-refractivity contribution in [2.45, 2.75) is 38.6 Å². The van der Waals surface area contributed by atoms with E-state index >= 15 is 0 Å². The Kier molecular flexibility index (Phi) is 4.79. The highest BCUT2D eigenvalue weighted by atomic mass is 16.4. The standard InChI is InChI=1S/C14H22N4O2/c1-10-8-11(14(15)17-20)9-13(16-10)18(6-7-19)12-4-2-3-5-12/h8-9,12,19-20H,2-7H2,1H3,(H2,15,17). The van der Waals surface area contributed by atoms with Crippen molar-refractivity contribution in [3.05, 3.63) is 23.4 Å². The topological polar surface area (TPSA) is 95.0 Å². The zero-order chi connectivity index (χ0) is 14.5. The van der Waals surface area contributed by atoms with Crippen LogP contribution in [0.25, 0.3) is 0 Å². The Morgan fingerprint density at radius 2 is 2.15 bits per heavy atom. The lowest BCUT2D eigenvalue weighted by Crippen LogP contribution is -2.36. The van der Waals surface area contributed by atoms with Crippen molar-refractivity contribution < 1.29 is 10.3 Å². The number of nitrogens with two attached hydrogens (primary N) is 1. The lowest BCUT2D eigenvalue weighted by atomic mass is 10.1. The molecule has 0 bridgehead atoms. The molecule has 0 aromatic carbocycles. The molecular formula is C14H22N4O2. The van der Waals surface area contributed by atoms with Crippen LogP contribution < -0.4 is 10.6 Å². The molecule has 0 radical (unpaired) electrons. The molecule has 1 aliphatic rings. The Balaban J connectivity index is 2.34. The third-order valence-electron chi connectivity index (χ3n) is 3.74. The molecular weight excluding hydrogens is 256 g/mol. The van der Waals surface area contributed by atoms with Crippen molar-refractivity contribution in [2.24, 2.45) is 10.9 Å². The van der Waals surface area contributed by atoms with E-state index in [1.54, 1.807) is 6.07 Å². The minimum atomic E-state index is 0.0760. The van der Waals surface area contributed by atoms with Crippen LogP contribution >= 0.6 is 0 Å².